The average molecular weight is 499 g/mol. The van der Waals surface area contributed by atoms with Gasteiger partial charge in [-0.25, -0.2) is 0 Å². The van der Waals surface area contributed by atoms with Crippen molar-refractivity contribution < 1.29 is 22.5 Å². The van der Waals surface area contributed by atoms with Crippen molar-refractivity contribution in [2.24, 2.45) is 5.92 Å². The van der Waals surface area contributed by atoms with E-state index in [9.17, 15) is 18.0 Å². The Morgan fingerprint density at radius 3 is 2.61 bits per heavy atom. The van der Waals surface area contributed by atoms with Crippen LogP contribution in [0, 0.1) is 5.92 Å². The summed E-state index contributed by atoms with van der Waals surface area (Å²) in [5, 5.41) is 7.50. The largest absolute Gasteiger partial charge is 0.416 e. The van der Waals surface area contributed by atoms with Gasteiger partial charge in [0.15, 0.2) is 0 Å². The molecule has 0 radical (unpaired) electrons. The van der Waals surface area contributed by atoms with Crippen molar-refractivity contribution in [3.05, 3.63) is 64.0 Å². The maximum absolute atomic E-state index is 12.9. The van der Waals surface area contributed by atoms with Gasteiger partial charge in [-0.15, -0.1) is 0 Å². The van der Waals surface area contributed by atoms with Gasteiger partial charge in [0, 0.05) is 22.2 Å². The van der Waals surface area contributed by atoms with Crippen LogP contribution >= 0.6 is 23.2 Å². The predicted octanol–water partition coefficient (Wildman–Crippen LogP) is 5.91. The monoisotopic (exact) mass is 498 g/mol. The van der Waals surface area contributed by atoms with Crippen molar-refractivity contribution in [3.8, 4) is 11.4 Å². The molecule has 0 atom stereocenters. The number of hydrogen-bond acceptors (Lipinski definition) is 5. The van der Waals surface area contributed by atoms with Crippen LogP contribution < -0.4 is 5.32 Å². The Labute approximate surface area is 197 Å². The number of halogens is 5. The van der Waals surface area contributed by atoms with E-state index >= 15 is 0 Å². The maximum atomic E-state index is 12.9. The number of carbonyl (C=O) groups is 1. The van der Waals surface area contributed by atoms with E-state index in [0.717, 1.165) is 12.1 Å². The van der Waals surface area contributed by atoms with Gasteiger partial charge in [-0.3, -0.25) is 9.69 Å². The first-order chi connectivity index (χ1) is 15.7. The summed E-state index contributed by atoms with van der Waals surface area (Å²) in [6, 6.07) is 9.63. The molecule has 1 aliphatic rings. The molecule has 0 spiro atoms. The van der Waals surface area contributed by atoms with Crippen LogP contribution in [0.5, 0.6) is 0 Å². The number of aromatic nitrogens is 2. The van der Waals surface area contributed by atoms with Crippen molar-refractivity contribution in [1.29, 1.82) is 0 Å². The lowest BCUT2D eigenvalue weighted by molar-refractivity contribution is -0.137. The number of benzene rings is 2. The van der Waals surface area contributed by atoms with Crippen molar-refractivity contribution in [2.45, 2.75) is 25.6 Å². The minimum Gasteiger partial charge on any atom is -0.338 e. The highest BCUT2D eigenvalue weighted by molar-refractivity contribution is 6.36. The summed E-state index contributed by atoms with van der Waals surface area (Å²) < 4.78 is 43.9. The minimum absolute atomic E-state index is 0.136. The lowest BCUT2D eigenvalue weighted by Gasteiger charge is -2.30. The number of alkyl halides is 3. The van der Waals surface area contributed by atoms with E-state index in [1.807, 2.05) is 0 Å². The molecule has 1 aromatic heterocycles. The number of anilines is 1. The van der Waals surface area contributed by atoms with Crippen LogP contribution in [0.1, 0.15) is 24.3 Å². The molecule has 0 bridgehead atoms. The third-order valence-electron chi connectivity index (χ3n) is 5.41. The average Bonchev–Trinajstić information content (AvgIpc) is 3.22. The molecule has 3 aromatic rings. The molecule has 1 N–H and O–H groups in total. The Kier molecular flexibility index (Phi) is 6.92. The summed E-state index contributed by atoms with van der Waals surface area (Å²) in [7, 11) is 0. The number of amides is 1. The molecule has 11 heteroatoms. The summed E-state index contributed by atoms with van der Waals surface area (Å²) in [5.74, 6) is 0.207. The highest BCUT2D eigenvalue weighted by Gasteiger charge is 2.31. The zero-order valence-corrected chi connectivity index (χ0v) is 18.7. The molecule has 1 saturated heterocycles. The van der Waals surface area contributed by atoms with Gasteiger partial charge in [0.2, 0.25) is 17.6 Å². The van der Waals surface area contributed by atoms with E-state index < -0.39 is 11.7 Å². The number of piperidine rings is 1. The summed E-state index contributed by atoms with van der Waals surface area (Å²) in [6.45, 7) is 1.64. The van der Waals surface area contributed by atoms with E-state index in [-0.39, 0.29) is 17.5 Å². The fourth-order valence-corrected chi connectivity index (χ4v) is 4.15. The first-order valence-corrected chi connectivity index (χ1v) is 10.9. The van der Waals surface area contributed by atoms with Crippen LogP contribution in [0.4, 0.5) is 18.9 Å². The van der Waals surface area contributed by atoms with Gasteiger partial charge in [0.1, 0.15) is 0 Å². The molecule has 33 heavy (non-hydrogen) atoms. The fraction of sp³-hybridized carbons (Fsp3) is 0.318. The first kappa shape index (κ1) is 23.5. The topological polar surface area (TPSA) is 71.3 Å². The Morgan fingerprint density at radius 1 is 1.15 bits per heavy atom. The van der Waals surface area contributed by atoms with Crippen molar-refractivity contribution >= 4 is 34.8 Å². The van der Waals surface area contributed by atoms with Crippen LogP contribution in [0.15, 0.2) is 47.0 Å². The number of hydrogen-bond donors (Lipinski definition) is 1. The van der Waals surface area contributed by atoms with Gasteiger partial charge in [0.05, 0.1) is 17.1 Å². The van der Waals surface area contributed by atoms with Gasteiger partial charge >= 0.3 is 6.18 Å². The Bertz CT molecular complexity index is 1140. The number of likely N-dealkylation sites (tertiary alicyclic amines) is 1. The molecule has 2 aromatic carbocycles. The summed E-state index contributed by atoms with van der Waals surface area (Å²) in [4.78, 5) is 19.0. The zero-order chi connectivity index (χ0) is 23.6. The van der Waals surface area contributed by atoms with Gasteiger partial charge in [0.25, 0.3) is 0 Å². The molecule has 0 unspecified atom stereocenters. The Morgan fingerprint density at radius 2 is 1.91 bits per heavy atom. The van der Waals surface area contributed by atoms with Gasteiger partial charge in [-0.1, -0.05) is 34.4 Å². The van der Waals surface area contributed by atoms with E-state index in [1.165, 1.54) is 12.1 Å². The number of rotatable bonds is 5. The van der Waals surface area contributed by atoms with Crippen molar-refractivity contribution in [1.82, 2.24) is 15.0 Å². The zero-order valence-electron chi connectivity index (χ0n) is 17.2. The SMILES string of the molecule is O=C(Nc1cccc(C(F)(F)F)c1)C1CCN(Cc2nc(-c3ccc(Cl)cc3Cl)no2)CC1. The molecule has 1 amide bonds. The number of carbonyl (C=O) groups excluding carboxylic acids is 1. The minimum atomic E-state index is -4.46. The van der Waals surface area contributed by atoms with Gasteiger partial charge < -0.3 is 9.84 Å². The first-order valence-electron chi connectivity index (χ1n) is 10.2. The van der Waals surface area contributed by atoms with Crippen LogP contribution in [0.25, 0.3) is 11.4 Å². The normalized spacial score (nSPS) is 15.5. The Hall–Kier alpha value is -2.62. The van der Waals surface area contributed by atoms with Crippen LogP contribution in [0.2, 0.25) is 10.0 Å². The molecule has 4 rings (SSSR count). The van der Waals surface area contributed by atoms with Gasteiger partial charge in [-0.05, 0) is 62.3 Å². The highest BCUT2D eigenvalue weighted by Crippen LogP contribution is 2.31. The molecule has 174 valence electrons. The number of nitrogens with zero attached hydrogens (tertiary/aromatic N) is 3. The summed E-state index contributed by atoms with van der Waals surface area (Å²) in [6.07, 6.45) is -3.33. The lowest BCUT2D eigenvalue weighted by Crippen LogP contribution is -2.37. The van der Waals surface area contributed by atoms with Crippen LogP contribution in [-0.4, -0.2) is 34.0 Å². The molecule has 6 nitrogen and oxygen atoms in total. The molecule has 1 aliphatic heterocycles. The lowest BCUT2D eigenvalue weighted by atomic mass is 9.95. The van der Waals surface area contributed by atoms with E-state index in [0.29, 0.717) is 59.8 Å². The quantitative estimate of drug-likeness (QED) is 0.473. The van der Waals surface area contributed by atoms with Gasteiger partial charge in [-0.2, -0.15) is 18.2 Å². The van der Waals surface area contributed by atoms with Crippen molar-refractivity contribution in [2.75, 3.05) is 18.4 Å². The molecule has 1 fully saturated rings. The second-order valence-corrected chi connectivity index (χ2v) is 8.60. The van der Waals surface area contributed by atoms with E-state index in [4.69, 9.17) is 27.7 Å². The standard InChI is InChI=1S/C22H19Cl2F3N4O2/c23-15-4-5-17(18(24)11-15)20-29-19(33-30-20)12-31-8-6-13(7-9-31)21(32)28-16-3-1-2-14(10-16)22(25,26)27/h1-5,10-11,13H,6-9,12H2,(H,28,32). The van der Waals surface area contributed by atoms with E-state index in [1.54, 1.807) is 18.2 Å². The third-order valence-corrected chi connectivity index (χ3v) is 5.96. The van der Waals surface area contributed by atoms with Crippen LogP contribution in [-0.2, 0) is 17.5 Å². The van der Waals surface area contributed by atoms with Crippen molar-refractivity contribution in [3.63, 3.8) is 0 Å². The molecular formula is C22H19Cl2F3N4O2. The molecular weight excluding hydrogens is 480 g/mol. The highest BCUT2D eigenvalue weighted by atomic mass is 35.5. The number of nitrogens with one attached hydrogen (secondary N) is 1. The fourth-order valence-electron chi connectivity index (χ4n) is 3.66. The second-order valence-electron chi connectivity index (χ2n) is 7.75. The molecule has 0 saturated carbocycles. The third kappa shape index (κ3) is 5.85. The predicted molar refractivity (Wildman–Crippen MR) is 118 cm³/mol. The summed E-state index contributed by atoms with van der Waals surface area (Å²) in [5.41, 5.74) is -0.0496. The smallest absolute Gasteiger partial charge is 0.338 e. The molecule has 0 aliphatic carbocycles. The second kappa shape index (κ2) is 9.70. The van der Waals surface area contributed by atoms with Crippen LogP contribution in [0.3, 0.4) is 0 Å². The Balaban J connectivity index is 1.30. The van der Waals surface area contributed by atoms with E-state index in [2.05, 4.69) is 20.4 Å². The maximum Gasteiger partial charge on any atom is 0.416 e. The molecule has 2 heterocycles. The summed E-state index contributed by atoms with van der Waals surface area (Å²) >= 11 is 12.1.